The Labute approximate surface area is 163 Å². The standard InChI is InChI=1S/C21H21N3O4/c22-13-16-3-1-2-4-18(16)27-14-17-7-8-19(28-17)21(26)24-11-9-23(10-12-24)20(25)15-5-6-15/h1-4,7-8,15H,5-6,9-12,14H2. The molecule has 2 heterocycles. The molecule has 0 radical (unpaired) electrons. The summed E-state index contributed by atoms with van der Waals surface area (Å²) in [6.45, 7) is 2.31. The van der Waals surface area contributed by atoms with Gasteiger partial charge in [0.05, 0.1) is 5.56 Å². The number of hydrogen-bond acceptors (Lipinski definition) is 5. The Balaban J connectivity index is 1.32. The maximum absolute atomic E-state index is 12.7. The van der Waals surface area contributed by atoms with Crippen LogP contribution < -0.4 is 4.74 Å². The molecule has 1 saturated carbocycles. The Kier molecular flexibility index (Phi) is 5.02. The molecule has 0 unspecified atom stereocenters. The summed E-state index contributed by atoms with van der Waals surface area (Å²) >= 11 is 0. The van der Waals surface area contributed by atoms with E-state index >= 15 is 0 Å². The number of carbonyl (C=O) groups excluding carboxylic acids is 2. The average Bonchev–Trinajstić information content (AvgIpc) is 3.49. The van der Waals surface area contributed by atoms with E-state index in [-0.39, 0.29) is 30.1 Å². The fraction of sp³-hybridized carbons (Fsp3) is 0.381. The van der Waals surface area contributed by atoms with Crippen LogP contribution >= 0.6 is 0 Å². The van der Waals surface area contributed by atoms with Crippen molar-refractivity contribution in [3.8, 4) is 11.8 Å². The summed E-state index contributed by atoms with van der Waals surface area (Å²) in [4.78, 5) is 28.3. The van der Waals surface area contributed by atoms with E-state index < -0.39 is 0 Å². The SMILES string of the molecule is N#Cc1ccccc1OCc1ccc(C(=O)N2CCN(C(=O)C3CC3)CC2)o1. The first-order chi connectivity index (χ1) is 13.7. The van der Waals surface area contributed by atoms with Gasteiger partial charge in [-0.2, -0.15) is 5.26 Å². The number of amides is 2. The minimum absolute atomic E-state index is 0.135. The fourth-order valence-electron chi connectivity index (χ4n) is 3.28. The van der Waals surface area contributed by atoms with Crippen LogP contribution in [0.1, 0.15) is 34.7 Å². The molecule has 1 aliphatic carbocycles. The molecule has 0 N–H and O–H groups in total. The van der Waals surface area contributed by atoms with Crippen molar-refractivity contribution in [2.75, 3.05) is 26.2 Å². The van der Waals surface area contributed by atoms with E-state index in [0.717, 1.165) is 12.8 Å². The normalized spacial score (nSPS) is 16.5. The third-order valence-corrected chi connectivity index (χ3v) is 5.06. The van der Waals surface area contributed by atoms with Crippen molar-refractivity contribution in [2.24, 2.45) is 5.92 Å². The molecule has 2 aromatic rings. The molecular formula is C21H21N3O4. The number of ether oxygens (including phenoxy) is 1. The average molecular weight is 379 g/mol. The summed E-state index contributed by atoms with van der Waals surface area (Å²) < 4.78 is 11.3. The number of hydrogen-bond donors (Lipinski definition) is 0. The highest BCUT2D eigenvalue weighted by Crippen LogP contribution is 2.31. The molecule has 1 aromatic heterocycles. The molecule has 28 heavy (non-hydrogen) atoms. The summed E-state index contributed by atoms with van der Waals surface area (Å²) in [5.41, 5.74) is 0.448. The third-order valence-electron chi connectivity index (χ3n) is 5.06. The maximum Gasteiger partial charge on any atom is 0.289 e. The monoisotopic (exact) mass is 379 g/mol. The van der Waals surface area contributed by atoms with E-state index in [1.165, 1.54) is 0 Å². The highest BCUT2D eigenvalue weighted by molar-refractivity contribution is 5.91. The first kappa shape index (κ1) is 18.1. The maximum atomic E-state index is 12.7. The molecule has 2 aliphatic rings. The molecule has 1 saturated heterocycles. The van der Waals surface area contributed by atoms with Crippen LogP contribution in [0.25, 0.3) is 0 Å². The van der Waals surface area contributed by atoms with E-state index in [4.69, 9.17) is 14.4 Å². The molecule has 4 rings (SSSR count). The van der Waals surface area contributed by atoms with E-state index in [1.807, 2.05) is 4.90 Å². The molecule has 7 nitrogen and oxygen atoms in total. The summed E-state index contributed by atoms with van der Waals surface area (Å²) in [6.07, 6.45) is 1.99. The van der Waals surface area contributed by atoms with Gasteiger partial charge in [-0.25, -0.2) is 0 Å². The molecule has 7 heteroatoms. The van der Waals surface area contributed by atoms with Crippen molar-refractivity contribution in [1.82, 2.24) is 9.80 Å². The van der Waals surface area contributed by atoms with Crippen LogP contribution in [-0.2, 0) is 11.4 Å². The van der Waals surface area contributed by atoms with Gasteiger partial charge in [-0.1, -0.05) is 12.1 Å². The minimum Gasteiger partial charge on any atom is -0.484 e. The third kappa shape index (κ3) is 3.86. The van der Waals surface area contributed by atoms with Gasteiger partial charge in [0.15, 0.2) is 5.76 Å². The minimum atomic E-state index is -0.179. The predicted octanol–water partition coefficient (Wildman–Crippen LogP) is 2.42. The number of nitrogens with zero attached hydrogens (tertiary/aromatic N) is 3. The van der Waals surface area contributed by atoms with E-state index in [9.17, 15) is 9.59 Å². The molecule has 1 aromatic carbocycles. The molecule has 2 fully saturated rings. The first-order valence-electron chi connectivity index (χ1n) is 9.44. The van der Waals surface area contributed by atoms with Gasteiger partial charge in [0.2, 0.25) is 5.91 Å². The van der Waals surface area contributed by atoms with Crippen molar-refractivity contribution < 1.29 is 18.7 Å². The lowest BCUT2D eigenvalue weighted by Crippen LogP contribution is -2.51. The smallest absolute Gasteiger partial charge is 0.289 e. The van der Waals surface area contributed by atoms with Gasteiger partial charge < -0.3 is 19.0 Å². The Morgan fingerprint density at radius 3 is 2.50 bits per heavy atom. The zero-order chi connectivity index (χ0) is 19.5. The second kappa shape index (κ2) is 7.77. The zero-order valence-electron chi connectivity index (χ0n) is 15.5. The Morgan fingerprint density at radius 1 is 1.07 bits per heavy atom. The van der Waals surface area contributed by atoms with Gasteiger partial charge in [0.1, 0.15) is 24.2 Å². The van der Waals surface area contributed by atoms with Crippen LogP contribution in [0.2, 0.25) is 0 Å². The Hall–Kier alpha value is -3.27. The first-order valence-corrected chi connectivity index (χ1v) is 9.44. The number of benzene rings is 1. The molecule has 2 amide bonds. The highest BCUT2D eigenvalue weighted by atomic mass is 16.5. The van der Waals surface area contributed by atoms with E-state index in [0.29, 0.717) is 43.3 Å². The Bertz CT molecular complexity index is 918. The summed E-state index contributed by atoms with van der Waals surface area (Å²) in [7, 11) is 0. The number of carbonyl (C=O) groups is 2. The van der Waals surface area contributed by atoms with Crippen molar-refractivity contribution in [3.63, 3.8) is 0 Å². The van der Waals surface area contributed by atoms with Gasteiger partial charge in [-0.3, -0.25) is 9.59 Å². The fourth-order valence-corrected chi connectivity index (χ4v) is 3.28. The van der Waals surface area contributed by atoms with Crippen molar-refractivity contribution in [3.05, 3.63) is 53.5 Å². The number of nitriles is 1. The van der Waals surface area contributed by atoms with Crippen LogP contribution in [-0.4, -0.2) is 47.8 Å². The highest BCUT2D eigenvalue weighted by Gasteiger charge is 2.35. The molecule has 0 spiro atoms. The molecule has 0 atom stereocenters. The summed E-state index contributed by atoms with van der Waals surface area (Å²) in [5.74, 6) is 1.50. The summed E-state index contributed by atoms with van der Waals surface area (Å²) in [6, 6.07) is 12.4. The largest absolute Gasteiger partial charge is 0.484 e. The van der Waals surface area contributed by atoms with Crippen molar-refractivity contribution >= 4 is 11.8 Å². The van der Waals surface area contributed by atoms with Crippen LogP contribution in [0.5, 0.6) is 5.75 Å². The molecular weight excluding hydrogens is 358 g/mol. The molecule has 144 valence electrons. The van der Waals surface area contributed by atoms with Gasteiger partial charge in [-0.05, 0) is 37.1 Å². The number of furan rings is 1. The lowest BCUT2D eigenvalue weighted by Gasteiger charge is -2.34. The zero-order valence-corrected chi connectivity index (χ0v) is 15.5. The quantitative estimate of drug-likeness (QED) is 0.796. The molecule has 1 aliphatic heterocycles. The molecule has 0 bridgehead atoms. The second-order valence-electron chi connectivity index (χ2n) is 7.05. The van der Waals surface area contributed by atoms with E-state index in [2.05, 4.69) is 6.07 Å². The van der Waals surface area contributed by atoms with Crippen molar-refractivity contribution in [1.29, 1.82) is 5.26 Å². The lowest BCUT2D eigenvalue weighted by molar-refractivity contribution is -0.134. The second-order valence-corrected chi connectivity index (χ2v) is 7.05. The number of piperazine rings is 1. The summed E-state index contributed by atoms with van der Waals surface area (Å²) in [5, 5.41) is 9.10. The van der Waals surface area contributed by atoms with Gasteiger partial charge in [-0.15, -0.1) is 0 Å². The van der Waals surface area contributed by atoms with Gasteiger partial charge >= 0.3 is 0 Å². The van der Waals surface area contributed by atoms with E-state index in [1.54, 1.807) is 41.3 Å². The number of rotatable bonds is 5. The topological polar surface area (TPSA) is 86.8 Å². The van der Waals surface area contributed by atoms with Gasteiger partial charge in [0.25, 0.3) is 5.91 Å². The predicted molar refractivity (Wildman–Crippen MR) is 99.4 cm³/mol. The van der Waals surface area contributed by atoms with Crippen LogP contribution in [0.4, 0.5) is 0 Å². The lowest BCUT2D eigenvalue weighted by atomic mass is 10.2. The van der Waals surface area contributed by atoms with Crippen molar-refractivity contribution in [2.45, 2.75) is 19.4 Å². The number of para-hydroxylation sites is 1. The van der Waals surface area contributed by atoms with Crippen LogP contribution in [0.3, 0.4) is 0 Å². The Morgan fingerprint density at radius 2 is 1.79 bits per heavy atom. The van der Waals surface area contributed by atoms with Gasteiger partial charge in [0, 0.05) is 32.1 Å². The van der Waals surface area contributed by atoms with Crippen LogP contribution in [0.15, 0.2) is 40.8 Å². The van der Waals surface area contributed by atoms with Crippen LogP contribution in [0, 0.1) is 17.2 Å².